The van der Waals surface area contributed by atoms with Crippen molar-refractivity contribution < 1.29 is 4.79 Å². The van der Waals surface area contributed by atoms with E-state index in [4.69, 9.17) is 5.73 Å². The molecule has 0 radical (unpaired) electrons. The minimum absolute atomic E-state index is 0.0369. The Morgan fingerprint density at radius 2 is 2.16 bits per heavy atom. The summed E-state index contributed by atoms with van der Waals surface area (Å²) in [7, 11) is 0. The molecule has 0 aliphatic carbocycles. The number of benzene rings is 1. The Kier molecular flexibility index (Phi) is 5.54. The zero-order valence-corrected chi connectivity index (χ0v) is 11.9. The molecule has 0 atom stereocenters. The highest BCUT2D eigenvalue weighted by Gasteiger charge is 2.11. The van der Waals surface area contributed by atoms with Crippen LogP contribution in [-0.2, 0) is 4.79 Å². The van der Waals surface area contributed by atoms with Crippen LogP contribution < -0.4 is 11.1 Å². The zero-order valence-electron chi connectivity index (χ0n) is 11.1. The third kappa shape index (κ3) is 4.76. The first kappa shape index (κ1) is 14.2. The third-order valence-electron chi connectivity index (χ3n) is 3.20. The average Bonchev–Trinajstić information content (AvgIpc) is 2.68. The highest BCUT2D eigenvalue weighted by Crippen LogP contribution is 2.17. The van der Waals surface area contributed by atoms with Gasteiger partial charge in [-0.2, -0.15) is 11.8 Å². The van der Waals surface area contributed by atoms with Gasteiger partial charge in [0.1, 0.15) is 0 Å². The van der Waals surface area contributed by atoms with Crippen LogP contribution >= 0.6 is 11.8 Å². The first-order valence-corrected chi connectivity index (χ1v) is 7.85. The Bertz CT molecular complexity index is 417. The fourth-order valence-electron chi connectivity index (χ4n) is 2.10. The molecular weight excluding hydrogens is 258 g/mol. The molecule has 1 aliphatic heterocycles. The molecule has 0 spiro atoms. The summed E-state index contributed by atoms with van der Waals surface area (Å²) in [6, 6.07) is 7.36. The van der Waals surface area contributed by atoms with Crippen LogP contribution in [0.4, 0.5) is 11.4 Å². The lowest BCUT2D eigenvalue weighted by atomic mass is 10.2. The number of carbonyl (C=O) groups is 1. The Morgan fingerprint density at radius 3 is 3.00 bits per heavy atom. The van der Waals surface area contributed by atoms with Gasteiger partial charge in [-0.15, -0.1) is 0 Å². The first-order chi connectivity index (χ1) is 9.25. The second-order valence-corrected chi connectivity index (χ2v) is 5.92. The number of anilines is 2. The summed E-state index contributed by atoms with van der Waals surface area (Å²) in [5.74, 6) is 2.45. The molecular formula is C14H21N3OS. The van der Waals surface area contributed by atoms with Gasteiger partial charge in [0.15, 0.2) is 0 Å². The van der Waals surface area contributed by atoms with Gasteiger partial charge in [-0.05, 0) is 30.9 Å². The molecule has 19 heavy (non-hydrogen) atoms. The zero-order chi connectivity index (χ0) is 13.5. The van der Waals surface area contributed by atoms with Gasteiger partial charge < -0.3 is 16.0 Å². The van der Waals surface area contributed by atoms with E-state index in [-0.39, 0.29) is 5.91 Å². The van der Waals surface area contributed by atoms with E-state index in [9.17, 15) is 4.79 Å². The number of para-hydroxylation sites is 2. The lowest BCUT2D eigenvalue weighted by molar-refractivity contribution is -0.116. The van der Waals surface area contributed by atoms with Crippen molar-refractivity contribution in [1.82, 2.24) is 4.90 Å². The van der Waals surface area contributed by atoms with Gasteiger partial charge in [-0.25, -0.2) is 0 Å². The molecule has 0 bridgehead atoms. The number of carbonyl (C=O) groups excluding carboxylic acids is 1. The highest BCUT2D eigenvalue weighted by molar-refractivity contribution is 7.99. The van der Waals surface area contributed by atoms with Crippen molar-refractivity contribution >= 4 is 29.0 Å². The van der Waals surface area contributed by atoms with Gasteiger partial charge in [-0.1, -0.05) is 12.1 Å². The minimum atomic E-state index is 0.0369. The summed E-state index contributed by atoms with van der Waals surface area (Å²) < 4.78 is 0. The van der Waals surface area contributed by atoms with Crippen LogP contribution in [0, 0.1) is 0 Å². The monoisotopic (exact) mass is 279 g/mol. The minimum Gasteiger partial charge on any atom is -0.397 e. The SMILES string of the molecule is Nc1ccccc1NC(=O)CCN1CCCSCC1. The van der Waals surface area contributed by atoms with Crippen LogP contribution in [0.1, 0.15) is 12.8 Å². The Morgan fingerprint density at radius 1 is 1.32 bits per heavy atom. The summed E-state index contributed by atoms with van der Waals surface area (Å²) in [5.41, 5.74) is 7.12. The molecule has 1 aromatic carbocycles. The van der Waals surface area contributed by atoms with E-state index in [1.807, 2.05) is 30.0 Å². The molecule has 1 heterocycles. The molecule has 1 fully saturated rings. The smallest absolute Gasteiger partial charge is 0.225 e. The number of nitrogens with one attached hydrogen (secondary N) is 1. The molecule has 0 saturated carbocycles. The van der Waals surface area contributed by atoms with Gasteiger partial charge >= 0.3 is 0 Å². The Labute approximate surface area is 118 Å². The molecule has 1 amide bonds. The van der Waals surface area contributed by atoms with Crippen LogP contribution in [0.25, 0.3) is 0 Å². The van der Waals surface area contributed by atoms with Crippen molar-refractivity contribution in [1.29, 1.82) is 0 Å². The summed E-state index contributed by atoms with van der Waals surface area (Å²) >= 11 is 2.00. The summed E-state index contributed by atoms with van der Waals surface area (Å²) in [5, 5.41) is 2.87. The second kappa shape index (κ2) is 7.40. The number of nitrogens with zero attached hydrogens (tertiary/aromatic N) is 1. The van der Waals surface area contributed by atoms with Crippen molar-refractivity contribution in [2.75, 3.05) is 42.2 Å². The van der Waals surface area contributed by atoms with Crippen LogP contribution in [0.3, 0.4) is 0 Å². The fourth-order valence-corrected chi connectivity index (χ4v) is 3.03. The predicted molar refractivity (Wildman–Crippen MR) is 82.5 cm³/mol. The van der Waals surface area contributed by atoms with Gasteiger partial charge in [0.2, 0.25) is 5.91 Å². The molecule has 0 unspecified atom stereocenters. The number of thioether (sulfide) groups is 1. The van der Waals surface area contributed by atoms with Crippen LogP contribution in [0.15, 0.2) is 24.3 Å². The molecule has 1 aromatic rings. The first-order valence-electron chi connectivity index (χ1n) is 6.70. The molecule has 0 aromatic heterocycles. The molecule has 2 rings (SSSR count). The van der Waals surface area contributed by atoms with Crippen LogP contribution in [-0.4, -0.2) is 41.9 Å². The number of rotatable bonds is 4. The van der Waals surface area contributed by atoms with Crippen LogP contribution in [0.5, 0.6) is 0 Å². The topological polar surface area (TPSA) is 58.4 Å². The highest BCUT2D eigenvalue weighted by atomic mass is 32.2. The van der Waals surface area contributed by atoms with E-state index >= 15 is 0 Å². The largest absolute Gasteiger partial charge is 0.397 e. The van der Waals surface area contributed by atoms with E-state index in [0.29, 0.717) is 17.8 Å². The molecule has 1 aliphatic rings. The van der Waals surface area contributed by atoms with E-state index < -0.39 is 0 Å². The average molecular weight is 279 g/mol. The lowest BCUT2D eigenvalue weighted by Crippen LogP contribution is -2.29. The molecule has 3 N–H and O–H groups in total. The number of amides is 1. The fraction of sp³-hybridized carbons (Fsp3) is 0.500. The van der Waals surface area contributed by atoms with Gasteiger partial charge in [0, 0.05) is 25.3 Å². The summed E-state index contributed by atoms with van der Waals surface area (Å²) in [4.78, 5) is 14.3. The van der Waals surface area contributed by atoms with Gasteiger partial charge in [0.25, 0.3) is 0 Å². The lowest BCUT2D eigenvalue weighted by Gasteiger charge is -2.18. The molecule has 4 nitrogen and oxygen atoms in total. The van der Waals surface area contributed by atoms with E-state index in [1.54, 1.807) is 6.07 Å². The third-order valence-corrected chi connectivity index (χ3v) is 4.25. The predicted octanol–water partition coefficient (Wildman–Crippen LogP) is 2.04. The standard InChI is InChI=1S/C14H21N3OS/c15-12-4-1-2-5-13(12)16-14(18)6-8-17-7-3-10-19-11-9-17/h1-2,4-5H,3,6-11,15H2,(H,16,18). The second-order valence-electron chi connectivity index (χ2n) is 4.69. The van der Waals surface area contributed by atoms with Gasteiger partial charge in [-0.3, -0.25) is 4.79 Å². The maximum Gasteiger partial charge on any atom is 0.225 e. The van der Waals surface area contributed by atoms with Gasteiger partial charge in [0.05, 0.1) is 11.4 Å². The molecule has 5 heteroatoms. The maximum atomic E-state index is 11.9. The molecule has 1 saturated heterocycles. The van der Waals surface area contributed by atoms with E-state index in [0.717, 1.165) is 19.6 Å². The van der Waals surface area contributed by atoms with Crippen molar-refractivity contribution in [3.05, 3.63) is 24.3 Å². The van der Waals surface area contributed by atoms with Crippen LogP contribution in [0.2, 0.25) is 0 Å². The van der Waals surface area contributed by atoms with E-state index in [1.165, 1.54) is 17.9 Å². The summed E-state index contributed by atoms with van der Waals surface area (Å²) in [6.07, 6.45) is 1.75. The summed E-state index contributed by atoms with van der Waals surface area (Å²) in [6.45, 7) is 3.03. The normalized spacial score (nSPS) is 16.8. The molecule has 104 valence electrons. The number of hydrogen-bond donors (Lipinski definition) is 2. The van der Waals surface area contributed by atoms with E-state index in [2.05, 4.69) is 10.2 Å². The van der Waals surface area contributed by atoms with Crippen molar-refractivity contribution in [2.24, 2.45) is 0 Å². The van der Waals surface area contributed by atoms with Crippen molar-refractivity contribution in [2.45, 2.75) is 12.8 Å². The van der Waals surface area contributed by atoms with Crippen molar-refractivity contribution in [3.8, 4) is 0 Å². The maximum absolute atomic E-state index is 11.9. The Balaban J connectivity index is 1.76. The Hall–Kier alpha value is -1.20. The number of hydrogen-bond acceptors (Lipinski definition) is 4. The number of nitrogen functional groups attached to an aromatic ring is 1. The van der Waals surface area contributed by atoms with Crippen molar-refractivity contribution in [3.63, 3.8) is 0 Å². The quantitative estimate of drug-likeness (QED) is 0.828. The number of nitrogens with two attached hydrogens (primary N) is 1.